The van der Waals surface area contributed by atoms with E-state index in [2.05, 4.69) is 48.9 Å². The molecule has 2 N–H and O–H groups in total. The third-order valence-electron chi connectivity index (χ3n) is 3.60. The van der Waals surface area contributed by atoms with Gasteiger partial charge in [-0.25, -0.2) is 0 Å². The van der Waals surface area contributed by atoms with Gasteiger partial charge in [-0.1, -0.05) is 23.8 Å². The number of aryl methyl sites for hydroxylation is 2. The van der Waals surface area contributed by atoms with E-state index in [1.165, 1.54) is 16.7 Å². The lowest BCUT2D eigenvalue weighted by atomic mass is 9.87. The van der Waals surface area contributed by atoms with Crippen LogP contribution in [0.4, 0.5) is 0 Å². The summed E-state index contributed by atoms with van der Waals surface area (Å²) in [5.41, 5.74) is 9.66. The second-order valence-corrected chi connectivity index (χ2v) is 4.83. The third kappa shape index (κ3) is 1.47. The Morgan fingerprint density at radius 2 is 2.06 bits per heavy atom. The van der Waals surface area contributed by atoms with Crippen molar-refractivity contribution in [3.63, 3.8) is 0 Å². The van der Waals surface area contributed by atoms with Gasteiger partial charge in [-0.3, -0.25) is 4.99 Å². The van der Waals surface area contributed by atoms with Crippen molar-refractivity contribution in [3.8, 4) is 0 Å². The molecular weight excluding hydrogens is 198 g/mol. The number of nitrogens with zero attached hydrogens (tertiary/aromatic N) is 2. The molecule has 0 spiro atoms. The van der Waals surface area contributed by atoms with E-state index in [-0.39, 0.29) is 5.54 Å². The number of rotatable bonds is 1. The van der Waals surface area contributed by atoms with Crippen LogP contribution in [0.3, 0.4) is 0 Å². The zero-order valence-corrected chi connectivity index (χ0v) is 10.4. The number of hydrogen-bond donors (Lipinski definition) is 1. The Morgan fingerprint density at radius 1 is 1.38 bits per heavy atom. The van der Waals surface area contributed by atoms with Gasteiger partial charge in [0.1, 0.15) is 0 Å². The number of nitrogens with two attached hydrogens (primary N) is 1. The molecule has 0 amide bonds. The molecule has 1 heterocycles. The summed E-state index contributed by atoms with van der Waals surface area (Å²) >= 11 is 0. The molecule has 1 atom stereocenters. The van der Waals surface area contributed by atoms with Crippen LogP contribution in [-0.2, 0) is 5.54 Å². The molecule has 1 aromatic rings. The summed E-state index contributed by atoms with van der Waals surface area (Å²) in [6.45, 7) is 7.19. The lowest BCUT2D eigenvalue weighted by Crippen LogP contribution is -2.45. The first-order valence-electron chi connectivity index (χ1n) is 5.56. The summed E-state index contributed by atoms with van der Waals surface area (Å²) in [5.74, 6) is 0.627. The van der Waals surface area contributed by atoms with Gasteiger partial charge in [-0.05, 0) is 31.9 Å². The van der Waals surface area contributed by atoms with Crippen molar-refractivity contribution in [1.29, 1.82) is 0 Å². The fourth-order valence-corrected chi connectivity index (χ4v) is 2.38. The number of guanidine groups is 1. The third-order valence-corrected chi connectivity index (χ3v) is 3.60. The van der Waals surface area contributed by atoms with Crippen molar-refractivity contribution in [1.82, 2.24) is 4.90 Å². The van der Waals surface area contributed by atoms with Crippen molar-refractivity contribution >= 4 is 5.96 Å². The van der Waals surface area contributed by atoms with Crippen molar-refractivity contribution in [2.75, 3.05) is 13.6 Å². The second-order valence-electron chi connectivity index (χ2n) is 4.83. The van der Waals surface area contributed by atoms with Gasteiger partial charge >= 0.3 is 0 Å². The van der Waals surface area contributed by atoms with Gasteiger partial charge in [0, 0.05) is 7.05 Å². The minimum absolute atomic E-state index is 0.0954. The molecule has 1 aliphatic heterocycles. The van der Waals surface area contributed by atoms with Crippen molar-refractivity contribution < 1.29 is 0 Å². The van der Waals surface area contributed by atoms with Crippen LogP contribution < -0.4 is 5.73 Å². The highest BCUT2D eigenvalue weighted by atomic mass is 15.3. The molecule has 86 valence electrons. The number of benzene rings is 1. The molecule has 16 heavy (non-hydrogen) atoms. The fraction of sp³-hybridized carbons (Fsp3) is 0.462. The van der Waals surface area contributed by atoms with E-state index in [0.29, 0.717) is 5.96 Å². The summed E-state index contributed by atoms with van der Waals surface area (Å²) in [6.07, 6.45) is 0. The van der Waals surface area contributed by atoms with Crippen LogP contribution in [0, 0.1) is 13.8 Å². The number of hydrogen-bond acceptors (Lipinski definition) is 3. The Labute approximate surface area is 97.0 Å². The van der Waals surface area contributed by atoms with Crippen LogP contribution in [0.2, 0.25) is 0 Å². The average molecular weight is 217 g/mol. The molecule has 1 unspecified atom stereocenters. The van der Waals surface area contributed by atoms with Crippen LogP contribution in [0.25, 0.3) is 0 Å². The molecule has 1 aromatic carbocycles. The second kappa shape index (κ2) is 3.51. The van der Waals surface area contributed by atoms with Crippen LogP contribution in [0.5, 0.6) is 0 Å². The molecule has 0 saturated heterocycles. The predicted molar refractivity (Wildman–Crippen MR) is 67.5 cm³/mol. The molecule has 3 nitrogen and oxygen atoms in total. The van der Waals surface area contributed by atoms with Gasteiger partial charge in [0.05, 0.1) is 12.1 Å². The highest BCUT2D eigenvalue weighted by Gasteiger charge is 2.37. The first-order chi connectivity index (χ1) is 7.45. The normalized spacial score (nSPS) is 24.8. The van der Waals surface area contributed by atoms with Crippen molar-refractivity contribution in [2.45, 2.75) is 26.3 Å². The highest BCUT2D eigenvalue weighted by Crippen LogP contribution is 2.33. The maximum absolute atomic E-state index is 5.85. The Balaban J connectivity index is 2.45. The molecule has 3 heteroatoms. The Bertz CT molecular complexity index is 450. The van der Waals surface area contributed by atoms with Gasteiger partial charge < -0.3 is 10.6 Å². The maximum Gasteiger partial charge on any atom is 0.191 e. The summed E-state index contributed by atoms with van der Waals surface area (Å²) in [6, 6.07) is 6.55. The lowest BCUT2D eigenvalue weighted by Gasteiger charge is -2.34. The topological polar surface area (TPSA) is 41.6 Å². The molecule has 0 aromatic heterocycles. The van der Waals surface area contributed by atoms with Gasteiger partial charge in [0.2, 0.25) is 0 Å². The average Bonchev–Trinajstić information content (AvgIpc) is 2.47. The molecular formula is C13H19N3. The van der Waals surface area contributed by atoms with Gasteiger partial charge in [0.15, 0.2) is 5.96 Å². The number of likely N-dealkylation sites (N-methyl/N-ethyl adjacent to an activating group) is 1. The SMILES string of the molecule is Cc1ccc(C2(C)CN=C(N)N2C)c(C)c1. The fourth-order valence-electron chi connectivity index (χ4n) is 2.38. The van der Waals surface area contributed by atoms with Crippen molar-refractivity contribution in [3.05, 3.63) is 34.9 Å². The lowest BCUT2D eigenvalue weighted by molar-refractivity contribution is 0.266. The van der Waals surface area contributed by atoms with E-state index in [0.717, 1.165) is 6.54 Å². The molecule has 0 aliphatic carbocycles. The minimum Gasteiger partial charge on any atom is -0.370 e. The van der Waals surface area contributed by atoms with E-state index in [4.69, 9.17) is 5.73 Å². The molecule has 0 bridgehead atoms. The molecule has 1 aliphatic rings. The smallest absolute Gasteiger partial charge is 0.191 e. The first kappa shape index (κ1) is 11.0. The van der Waals surface area contributed by atoms with Crippen LogP contribution in [0.1, 0.15) is 23.6 Å². The minimum atomic E-state index is -0.0954. The standard InChI is InChI=1S/C13H19N3/c1-9-5-6-11(10(2)7-9)13(3)8-15-12(14)16(13)4/h5-7H,8H2,1-4H3,(H2,14,15). The molecule has 0 fully saturated rings. The van der Waals surface area contributed by atoms with E-state index in [1.54, 1.807) is 0 Å². The van der Waals surface area contributed by atoms with Crippen LogP contribution >= 0.6 is 0 Å². The summed E-state index contributed by atoms with van der Waals surface area (Å²) < 4.78 is 0. The highest BCUT2D eigenvalue weighted by molar-refractivity contribution is 5.81. The molecule has 2 rings (SSSR count). The van der Waals surface area contributed by atoms with E-state index >= 15 is 0 Å². The summed E-state index contributed by atoms with van der Waals surface area (Å²) in [4.78, 5) is 6.39. The zero-order chi connectivity index (χ0) is 11.9. The Kier molecular flexibility index (Phi) is 2.41. The van der Waals surface area contributed by atoms with E-state index in [9.17, 15) is 0 Å². The first-order valence-corrected chi connectivity index (χ1v) is 5.56. The molecule has 0 radical (unpaired) electrons. The Hall–Kier alpha value is -1.51. The predicted octanol–water partition coefficient (Wildman–Crippen LogP) is 1.78. The zero-order valence-electron chi connectivity index (χ0n) is 10.4. The van der Waals surface area contributed by atoms with Crippen LogP contribution in [-0.4, -0.2) is 24.5 Å². The molecule has 0 saturated carbocycles. The number of aliphatic imine (C=N–C) groups is 1. The maximum atomic E-state index is 5.85. The summed E-state index contributed by atoms with van der Waals surface area (Å²) in [5, 5.41) is 0. The quantitative estimate of drug-likeness (QED) is 0.779. The van der Waals surface area contributed by atoms with E-state index in [1.807, 2.05) is 7.05 Å². The largest absolute Gasteiger partial charge is 0.370 e. The van der Waals surface area contributed by atoms with Crippen molar-refractivity contribution in [2.24, 2.45) is 10.7 Å². The Morgan fingerprint density at radius 3 is 2.56 bits per heavy atom. The van der Waals surface area contributed by atoms with Gasteiger partial charge in [0.25, 0.3) is 0 Å². The van der Waals surface area contributed by atoms with Gasteiger partial charge in [-0.15, -0.1) is 0 Å². The summed E-state index contributed by atoms with van der Waals surface area (Å²) in [7, 11) is 2.01. The van der Waals surface area contributed by atoms with Gasteiger partial charge in [-0.2, -0.15) is 0 Å². The monoisotopic (exact) mass is 217 g/mol. The van der Waals surface area contributed by atoms with Crippen LogP contribution in [0.15, 0.2) is 23.2 Å². The van der Waals surface area contributed by atoms with E-state index < -0.39 is 0 Å².